The monoisotopic (exact) mass is 213 g/mol. The van der Waals surface area contributed by atoms with Crippen molar-refractivity contribution in [1.82, 2.24) is 0 Å². The highest BCUT2D eigenvalue weighted by molar-refractivity contribution is 7.12. The number of hydrogen-bond acceptors (Lipinski definition) is 3. The average Bonchev–Trinajstić information content (AvgIpc) is 2.45. The van der Waals surface area contributed by atoms with Gasteiger partial charge in [-0.1, -0.05) is 20.8 Å². The van der Waals surface area contributed by atoms with Crippen LogP contribution in [0.15, 0.2) is 5.38 Å². The molecular weight excluding hydrogens is 198 g/mol. The van der Waals surface area contributed by atoms with Crippen molar-refractivity contribution in [2.75, 3.05) is 0 Å². The van der Waals surface area contributed by atoms with E-state index in [4.69, 9.17) is 10.8 Å². The Bertz CT molecular complexity index is 349. The van der Waals surface area contributed by atoms with Gasteiger partial charge in [-0.25, -0.2) is 4.79 Å². The molecule has 0 saturated heterocycles. The molecule has 0 aliphatic rings. The van der Waals surface area contributed by atoms with Gasteiger partial charge in [0.25, 0.3) is 0 Å². The highest BCUT2D eigenvalue weighted by atomic mass is 32.1. The second-order valence-corrected chi connectivity index (χ2v) is 5.10. The normalized spacial score (nSPS) is 11.7. The van der Waals surface area contributed by atoms with Crippen LogP contribution in [0.3, 0.4) is 0 Å². The number of carboxylic acids is 1. The highest BCUT2D eigenvalue weighted by Gasteiger charge is 2.23. The summed E-state index contributed by atoms with van der Waals surface area (Å²) in [7, 11) is 0. The van der Waals surface area contributed by atoms with Crippen LogP contribution >= 0.6 is 11.3 Å². The summed E-state index contributed by atoms with van der Waals surface area (Å²) in [5, 5.41) is 10.8. The number of carbonyl (C=O) groups is 1. The van der Waals surface area contributed by atoms with Crippen LogP contribution in [0.1, 0.15) is 41.6 Å². The minimum Gasteiger partial charge on any atom is -0.477 e. The molecule has 1 aromatic rings. The first-order valence-electron chi connectivity index (χ1n) is 4.42. The standard InChI is InChI=1S/C10H15NO2S/c1-10(2,3)7-5-14-8(9(12)13)6(7)4-11/h5H,4,11H2,1-3H3,(H,12,13). The summed E-state index contributed by atoms with van der Waals surface area (Å²) in [6.07, 6.45) is 0. The third-order valence-corrected chi connectivity index (χ3v) is 3.11. The Morgan fingerprint density at radius 3 is 2.50 bits per heavy atom. The average molecular weight is 213 g/mol. The molecule has 0 aliphatic carbocycles. The molecule has 0 saturated carbocycles. The third-order valence-electron chi connectivity index (χ3n) is 2.10. The number of thiophene rings is 1. The van der Waals surface area contributed by atoms with Crippen molar-refractivity contribution in [3.05, 3.63) is 21.4 Å². The van der Waals surface area contributed by atoms with Crippen LogP contribution in [-0.2, 0) is 12.0 Å². The minimum absolute atomic E-state index is 0.0428. The van der Waals surface area contributed by atoms with Gasteiger partial charge in [0.1, 0.15) is 4.88 Å². The molecular formula is C10H15NO2S. The summed E-state index contributed by atoms with van der Waals surface area (Å²) in [5.74, 6) is -0.883. The molecule has 0 aromatic carbocycles. The van der Waals surface area contributed by atoms with Crippen LogP contribution in [0.25, 0.3) is 0 Å². The number of nitrogens with two attached hydrogens (primary N) is 1. The van der Waals surface area contributed by atoms with Gasteiger partial charge in [-0.15, -0.1) is 11.3 Å². The maximum atomic E-state index is 10.9. The van der Waals surface area contributed by atoms with Gasteiger partial charge in [0.15, 0.2) is 0 Å². The molecule has 3 N–H and O–H groups in total. The largest absolute Gasteiger partial charge is 0.477 e. The summed E-state index contributed by atoms with van der Waals surface area (Å²) in [4.78, 5) is 11.2. The Hall–Kier alpha value is -0.870. The SMILES string of the molecule is CC(C)(C)c1csc(C(=O)O)c1CN. The van der Waals surface area contributed by atoms with E-state index in [0.717, 1.165) is 11.1 Å². The molecule has 3 nitrogen and oxygen atoms in total. The van der Waals surface area contributed by atoms with E-state index in [1.807, 2.05) is 5.38 Å². The van der Waals surface area contributed by atoms with E-state index >= 15 is 0 Å². The van der Waals surface area contributed by atoms with Crippen molar-refractivity contribution >= 4 is 17.3 Å². The quantitative estimate of drug-likeness (QED) is 0.791. The lowest BCUT2D eigenvalue weighted by atomic mass is 9.86. The van der Waals surface area contributed by atoms with Crippen molar-refractivity contribution < 1.29 is 9.90 Å². The van der Waals surface area contributed by atoms with Crippen molar-refractivity contribution in [2.24, 2.45) is 5.73 Å². The van der Waals surface area contributed by atoms with Gasteiger partial charge < -0.3 is 10.8 Å². The smallest absolute Gasteiger partial charge is 0.346 e. The minimum atomic E-state index is -0.883. The van der Waals surface area contributed by atoms with Crippen LogP contribution in [0.5, 0.6) is 0 Å². The lowest BCUT2D eigenvalue weighted by Gasteiger charge is -2.19. The molecule has 0 fully saturated rings. The molecule has 1 rings (SSSR count). The predicted octanol–water partition coefficient (Wildman–Crippen LogP) is 2.20. The van der Waals surface area contributed by atoms with Gasteiger partial charge in [0, 0.05) is 6.54 Å². The topological polar surface area (TPSA) is 63.3 Å². The Labute approximate surface area is 87.6 Å². The maximum absolute atomic E-state index is 10.9. The zero-order valence-electron chi connectivity index (χ0n) is 8.63. The maximum Gasteiger partial charge on any atom is 0.346 e. The van der Waals surface area contributed by atoms with E-state index in [2.05, 4.69) is 20.8 Å². The Morgan fingerprint density at radius 2 is 2.14 bits per heavy atom. The van der Waals surface area contributed by atoms with Gasteiger partial charge in [0.05, 0.1) is 0 Å². The number of hydrogen-bond donors (Lipinski definition) is 2. The first kappa shape index (κ1) is 11.2. The molecule has 0 amide bonds. The molecule has 4 heteroatoms. The Morgan fingerprint density at radius 1 is 1.57 bits per heavy atom. The fourth-order valence-electron chi connectivity index (χ4n) is 1.39. The zero-order chi connectivity index (χ0) is 10.9. The van der Waals surface area contributed by atoms with Crippen molar-refractivity contribution in [3.8, 4) is 0 Å². The molecule has 1 aromatic heterocycles. The van der Waals surface area contributed by atoms with E-state index in [0.29, 0.717) is 4.88 Å². The summed E-state index contributed by atoms with van der Waals surface area (Å²) >= 11 is 1.26. The van der Waals surface area contributed by atoms with Crippen LogP contribution in [0.4, 0.5) is 0 Å². The van der Waals surface area contributed by atoms with Crippen LogP contribution in [-0.4, -0.2) is 11.1 Å². The summed E-state index contributed by atoms with van der Waals surface area (Å²) in [6, 6.07) is 0. The molecule has 0 unspecified atom stereocenters. The van der Waals surface area contributed by atoms with Gasteiger partial charge in [-0.05, 0) is 21.9 Å². The highest BCUT2D eigenvalue weighted by Crippen LogP contribution is 2.32. The van der Waals surface area contributed by atoms with E-state index < -0.39 is 5.97 Å². The second kappa shape index (κ2) is 3.71. The molecule has 0 bridgehead atoms. The van der Waals surface area contributed by atoms with Crippen LogP contribution in [0, 0.1) is 0 Å². The summed E-state index contributed by atoms with van der Waals surface area (Å²) in [5.41, 5.74) is 7.35. The fourth-order valence-corrected chi connectivity index (χ4v) is 2.56. The molecule has 0 radical (unpaired) electrons. The molecule has 0 spiro atoms. The lowest BCUT2D eigenvalue weighted by molar-refractivity contribution is 0.0701. The first-order chi connectivity index (χ1) is 6.38. The summed E-state index contributed by atoms with van der Waals surface area (Å²) < 4.78 is 0. The van der Waals surface area contributed by atoms with Crippen LogP contribution < -0.4 is 5.73 Å². The van der Waals surface area contributed by atoms with Crippen molar-refractivity contribution in [2.45, 2.75) is 32.7 Å². The molecule has 14 heavy (non-hydrogen) atoms. The number of rotatable bonds is 2. The van der Waals surface area contributed by atoms with E-state index in [1.165, 1.54) is 11.3 Å². The summed E-state index contributed by atoms with van der Waals surface area (Å²) in [6.45, 7) is 6.46. The van der Waals surface area contributed by atoms with Gasteiger partial charge >= 0.3 is 5.97 Å². The lowest BCUT2D eigenvalue weighted by Crippen LogP contribution is -2.15. The van der Waals surface area contributed by atoms with Gasteiger partial charge in [-0.2, -0.15) is 0 Å². The molecule has 0 aliphatic heterocycles. The fraction of sp³-hybridized carbons (Fsp3) is 0.500. The molecule has 78 valence electrons. The molecule has 0 atom stereocenters. The predicted molar refractivity (Wildman–Crippen MR) is 57.9 cm³/mol. The third kappa shape index (κ3) is 1.96. The van der Waals surface area contributed by atoms with Crippen LogP contribution in [0.2, 0.25) is 0 Å². The molecule has 1 heterocycles. The Balaban J connectivity index is 3.28. The van der Waals surface area contributed by atoms with Crippen molar-refractivity contribution in [3.63, 3.8) is 0 Å². The van der Waals surface area contributed by atoms with E-state index in [9.17, 15) is 4.79 Å². The van der Waals surface area contributed by atoms with Crippen molar-refractivity contribution in [1.29, 1.82) is 0 Å². The van der Waals surface area contributed by atoms with Gasteiger partial charge in [-0.3, -0.25) is 0 Å². The van der Waals surface area contributed by atoms with E-state index in [1.54, 1.807) is 0 Å². The van der Waals surface area contributed by atoms with Gasteiger partial charge in [0.2, 0.25) is 0 Å². The Kier molecular flexibility index (Phi) is 2.97. The number of aromatic carboxylic acids is 1. The van der Waals surface area contributed by atoms with E-state index in [-0.39, 0.29) is 12.0 Å². The second-order valence-electron chi connectivity index (χ2n) is 4.22. The first-order valence-corrected chi connectivity index (χ1v) is 5.30. The number of carboxylic acid groups (broad SMARTS) is 1. The zero-order valence-corrected chi connectivity index (χ0v) is 9.44.